The highest BCUT2D eigenvalue weighted by Crippen LogP contribution is 2.44. The summed E-state index contributed by atoms with van der Waals surface area (Å²) in [6.07, 6.45) is 7.44. The van der Waals surface area contributed by atoms with Gasteiger partial charge in [0.1, 0.15) is 12.1 Å². The molecule has 5 heterocycles. The Morgan fingerprint density at radius 2 is 1.93 bits per heavy atom. The van der Waals surface area contributed by atoms with Crippen molar-refractivity contribution in [1.29, 1.82) is 0 Å². The standard InChI is InChI=1S/C35H36ClFN6O2/c1-5-7-29(44)42-13-9-22(10-14-42)43-15-11-24-34(43)25-17-27(36)31(30-21(3)20(2)16-28-26(30)18-38-40-28)32(37)33(25)39-35(24)45-19-23-8-6-12-41(23)4/h11,15-18,22-23H,6,8-10,12-14,19H2,1-4H3,(H,38,40). The van der Waals surface area contributed by atoms with E-state index in [-0.39, 0.29) is 23.5 Å². The Morgan fingerprint density at radius 3 is 2.67 bits per heavy atom. The van der Waals surface area contributed by atoms with Crippen molar-refractivity contribution in [2.45, 2.75) is 58.5 Å². The zero-order chi connectivity index (χ0) is 31.4. The van der Waals surface area contributed by atoms with E-state index in [2.05, 4.69) is 38.6 Å². The molecule has 0 radical (unpaired) electrons. The van der Waals surface area contributed by atoms with Gasteiger partial charge in [-0.25, -0.2) is 9.37 Å². The van der Waals surface area contributed by atoms with Crippen molar-refractivity contribution in [2.75, 3.05) is 33.3 Å². The van der Waals surface area contributed by atoms with E-state index < -0.39 is 5.82 Å². The number of aromatic amines is 1. The number of likely N-dealkylation sites (tertiary alicyclic amines) is 2. The Balaban J connectivity index is 1.40. The second-order valence-corrected chi connectivity index (χ2v) is 12.8. The summed E-state index contributed by atoms with van der Waals surface area (Å²) in [6.45, 7) is 8.37. The summed E-state index contributed by atoms with van der Waals surface area (Å²) in [6, 6.07) is 6.25. The molecule has 3 aromatic heterocycles. The molecule has 5 aromatic rings. The van der Waals surface area contributed by atoms with Gasteiger partial charge in [0.05, 0.1) is 27.6 Å². The second kappa shape index (κ2) is 11.7. The molecule has 1 N–H and O–H groups in total. The summed E-state index contributed by atoms with van der Waals surface area (Å²) >= 11 is 7.03. The Morgan fingerprint density at radius 1 is 1.13 bits per heavy atom. The second-order valence-electron chi connectivity index (χ2n) is 12.4. The number of piperidine rings is 1. The third-order valence-electron chi connectivity index (χ3n) is 9.78. The fraction of sp³-hybridized carbons (Fsp3) is 0.400. The summed E-state index contributed by atoms with van der Waals surface area (Å²) in [5.41, 5.74) is 4.85. The van der Waals surface area contributed by atoms with Crippen molar-refractivity contribution in [3.05, 3.63) is 52.6 Å². The molecule has 0 spiro atoms. The van der Waals surface area contributed by atoms with Crippen LogP contribution in [0.4, 0.5) is 4.39 Å². The predicted molar refractivity (Wildman–Crippen MR) is 176 cm³/mol. The molecule has 1 unspecified atom stereocenters. The molecule has 2 fully saturated rings. The molecule has 2 saturated heterocycles. The Kier molecular flexibility index (Phi) is 7.66. The smallest absolute Gasteiger partial charge is 0.298 e. The first-order valence-corrected chi connectivity index (χ1v) is 15.9. The van der Waals surface area contributed by atoms with Gasteiger partial charge in [-0.3, -0.25) is 9.89 Å². The first kappa shape index (κ1) is 29.6. The van der Waals surface area contributed by atoms with E-state index in [1.165, 1.54) is 0 Å². The van der Waals surface area contributed by atoms with Gasteiger partial charge in [-0.2, -0.15) is 5.10 Å². The summed E-state index contributed by atoms with van der Waals surface area (Å²) in [5, 5.41) is 9.83. The van der Waals surface area contributed by atoms with E-state index in [9.17, 15) is 4.79 Å². The largest absolute Gasteiger partial charge is 0.476 e. The zero-order valence-corrected chi connectivity index (χ0v) is 26.8. The van der Waals surface area contributed by atoms with Crippen LogP contribution in [0, 0.1) is 31.5 Å². The number of aryl methyl sites for hydroxylation is 1. The molecule has 8 nitrogen and oxygen atoms in total. The minimum absolute atomic E-state index is 0.103. The van der Waals surface area contributed by atoms with Crippen LogP contribution >= 0.6 is 11.6 Å². The van der Waals surface area contributed by atoms with Crippen LogP contribution < -0.4 is 4.74 Å². The lowest BCUT2D eigenvalue weighted by Gasteiger charge is -2.32. The van der Waals surface area contributed by atoms with E-state index >= 15 is 4.39 Å². The van der Waals surface area contributed by atoms with Crippen molar-refractivity contribution in [3.8, 4) is 28.8 Å². The number of nitrogens with one attached hydrogen (secondary N) is 1. The monoisotopic (exact) mass is 626 g/mol. The number of carbonyl (C=O) groups is 1. The molecular weight excluding hydrogens is 591 g/mol. The average molecular weight is 627 g/mol. The summed E-state index contributed by atoms with van der Waals surface area (Å²) in [7, 11) is 2.11. The van der Waals surface area contributed by atoms with Crippen molar-refractivity contribution >= 4 is 50.2 Å². The highest BCUT2D eigenvalue weighted by molar-refractivity contribution is 6.35. The fourth-order valence-electron chi connectivity index (χ4n) is 7.16. The van der Waals surface area contributed by atoms with Gasteiger partial charge >= 0.3 is 0 Å². The lowest BCUT2D eigenvalue weighted by atomic mass is 9.92. The molecule has 45 heavy (non-hydrogen) atoms. The van der Waals surface area contributed by atoms with Gasteiger partial charge < -0.3 is 19.1 Å². The molecule has 2 aromatic carbocycles. The van der Waals surface area contributed by atoms with Crippen LogP contribution in [-0.4, -0.2) is 74.8 Å². The summed E-state index contributed by atoms with van der Waals surface area (Å²) < 4.78 is 25.7. The molecule has 1 atom stereocenters. The number of aromatic nitrogens is 4. The van der Waals surface area contributed by atoms with Gasteiger partial charge in [-0.15, -0.1) is 0 Å². The van der Waals surface area contributed by atoms with E-state index in [0.717, 1.165) is 65.2 Å². The highest BCUT2D eigenvalue weighted by Gasteiger charge is 2.29. The molecular formula is C35H36ClFN6O2. The molecule has 10 heteroatoms. The van der Waals surface area contributed by atoms with E-state index in [1.54, 1.807) is 18.0 Å². The first-order valence-electron chi connectivity index (χ1n) is 15.6. The van der Waals surface area contributed by atoms with Crippen molar-refractivity contribution < 1.29 is 13.9 Å². The molecule has 1 amide bonds. The minimum Gasteiger partial charge on any atom is -0.476 e. The molecule has 7 rings (SSSR count). The van der Waals surface area contributed by atoms with Crippen LogP contribution in [0.1, 0.15) is 49.8 Å². The number of ether oxygens (including phenoxy) is 1. The normalized spacial score (nSPS) is 17.8. The maximum atomic E-state index is 17.1. The Bertz CT molecular complexity index is 2030. The number of halogens is 2. The number of carbonyl (C=O) groups excluding carboxylic acids is 1. The molecule has 0 saturated carbocycles. The number of pyridine rings is 1. The number of fused-ring (bicyclic) bond motifs is 4. The number of hydrogen-bond donors (Lipinski definition) is 1. The van der Waals surface area contributed by atoms with Crippen LogP contribution in [0.2, 0.25) is 5.02 Å². The van der Waals surface area contributed by atoms with E-state index in [4.69, 9.17) is 21.3 Å². The quantitative estimate of drug-likeness (QED) is 0.217. The van der Waals surface area contributed by atoms with Crippen molar-refractivity contribution in [1.82, 2.24) is 29.5 Å². The van der Waals surface area contributed by atoms with Gasteiger partial charge in [0.25, 0.3) is 5.91 Å². The lowest BCUT2D eigenvalue weighted by molar-refractivity contribution is -0.126. The lowest BCUT2D eigenvalue weighted by Crippen LogP contribution is -2.38. The van der Waals surface area contributed by atoms with Gasteiger partial charge in [-0.05, 0) is 95.3 Å². The van der Waals surface area contributed by atoms with E-state index in [1.807, 2.05) is 38.2 Å². The number of hydrogen-bond acceptors (Lipinski definition) is 5. The van der Waals surface area contributed by atoms with Gasteiger partial charge in [0.15, 0.2) is 5.82 Å². The highest BCUT2D eigenvalue weighted by atomic mass is 35.5. The van der Waals surface area contributed by atoms with Crippen LogP contribution in [0.15, 0.2) is 30.6 Å². The number of amides is 1. The van der Waals surface area contributed by atoms with Gasteiger partial charge in [0.2, 0.25) is 5.88 Å². The SMILES string of the molecule is CC#CC(=O)N1CCC(n2ccc3c(OCC4CCCN4C)nc4c(F)c(-c5c(C)c(C)cc6[nH]ncc56)c(Cl)cc4c32)CC1. The van der Waals surface area contributed by atoms with Crippen LogP contribution in [-0.2, 0) is 4.79 Å². The molecule has 0 aliphatic carbocycles. The average Bonchev–Trinajstić information content (AvgIpc) is 3.78. The summed E-state index contributed by atoms with van der Waals surface area (Å²) in [5.74, 6) is 5.16. The topological polar surface area (TPSA) is 79.3 Å². The molecule has 2 aliphatic heterocycles. The van der Waals surface area contributed by atoms with Crippen molar-refractivity contribution in [3.63, 3.8) is 0 Å². The maximum Gasteiger partial charge on any atom is 0.298 e. The third-order valence-corrected chi connectivity index (χ3v) is 10.1. The third kappa shape index (κ3) is 5.01. The Hall–Kier alpha value is -4.13. The Labute approximate surface area is 266 Å². The number of benzene rings is 2. The van der Waals surface area contributed by atoms with Crippen LogP contribution in [0.25, 0.3) is 43.8 Å². The zero-order valence-electron chi connectivity index (χ0n) is 26.0. The number of likely N-dealkylation sites (N-methyl/N-ethyl adjacent to an activating group) is 1. The van der Waals surface area contributed by atoms with Gasteiger partial charge in [-0.1, -0.05) is 17.5 Å². The van der Waals surface area contributed by atoms with Crippen LogP contribution in [0.3, 0.4) is 0 Å². The number of rotatable bonds is 5. The van der Waals surface area contributed by atoms with Crippen LogP contribution in [0.5, 0.6) is 5.88 Å². The molecule has 0 bridgehead atoms. The molecule has 232 valence electrons. The molecule has 2 aliphatic rings. The number of H-pyrrole nitrogens is 1. The predicted octanol–water partition coefficient (Wildman–Crippen LogP) is 6.80. The fourth-order valence-corrected chi connectivity index (χ4v) is 7.44. The van der Waals surface area contributed by atoms with Crippen molar-refractivity contribution in [2.24, 2.45) is 0 Å². The minimum atomic E-state index is -0.482. The first-order chi connectivity index (χ1) is 21.8. The summed E-state index contributed by atoms with van der Waals surface area (Å²) in [4.78, 5) is 21.4. The van der Waals surface area contributed by atoms with Gasteiger partial charge in [0, 0.05) is 53.3 Å². The van der Waals surface area contributed by atoms with E-state index in [0.29, 0.717) is 47.1 Å². The number of nitrogens with zero attached hydrogens (tertiary/aromatic N) is 5. The maximum absolute atomic E-state index is 17.1.